The number of carbonyl (C=O) groups is 1. The molecule has 2 aromatic heterocycles. The first kappa shape index (κ1) is 13.8. The molecular formula is C17H16N4O2. The summed E-state index contributed by atoms with van der Waals surface area (Å²) in [5.41, 5.74) is 1.67. The van der Waals surface area contributed by atoms with Crippen molar-refractivity contribution in [2.45, 2.75) is 12.5 Å². The van der Waals surface area contributed by atoms with E-state index in [1.165, 1.54) is 0 Å². The van der Waals surface area contributed by atoms with E-state index in [1.54, 1.807) is 18.6 Å². The van der Waals surface area contributed by atoms with Gasteiger partial charge in [0.05, 0.1) is 12.7 Å². The van der Waals surface area contributed by atoms with Gasteiger partial charge in [-0.25, -0.2) is 4.98 Å². The van der Waals surface area contributed by atoms with Crippen LogP contribution in [0.15, 0.2) is 49.1 Å². The molecule has 6 heteroatoms. The lowest BCUT2D eigenvalue weighted by molar-refractivity contribution is 0.0771. The van der Waals surface area contributed by atoms with Crippen molar-refractivity contribution in [3.63, 3.8) is 0 Å². The average molecular weight is 308 g/mol. The fourth-order valence-corrected chi connectivity index (χ4v) is 2.89. The van der Waals surface area contributed by atoms with Crippen LogP contribution in [0.1, 0.15) is 16.8 Å². The van der Waals surface area contributed by atoms with Crippen molar-refractivity contribution in [2.75, 3.05) is 13.1 Å². The fraction of sp³-hybridized carbons (Fsp3) is 0.235. The van der Waals surface area contributed by atoms with Gasteiger partial charge in [-0.2, -0.15) is 0 Å². The quantitative estimate of drug-likeness (QED) is 0.805. The number of H-pyrrole nitrogens is 1. The molecule has 0 unspecified atom stereocenters. The van der Waals surface area contributed by atoms with Crippen molar-refractivity contribution >= 4 is 16.8 Å². The highest BCUT2D eigenvalue weighted by Crippen LogP contribution is 2.20. The summed E-state index contributed by atoms with van der Waals surface area (Å²) in [4.78, 5) is 25.7. The molecule has 23 heavy (non-hydrogen) atoms. The van der Waals surface area contributed by atoms with E-state index < -0.39 is 0 Å². The Kier molecular flexibility index (Phi) is 3.42. The first-order chi connectivity index (χ1) is 11.3. The number of nitrogens with one attached hydrogen (secondary N) is 1. The number of ether oxygens (including phenoxy) is 1. The zero-order valence-corrected chi connectivity index (χ0v) is 12.5. The molecule has 3 aromatic rings. The van der Waals surface area contributed by atoms with Crippen molar-refractivity contribution in [1.82, 2.24) is 19.9 Å². The van der Waals surface area contributed by atoms with Crippen molar-refractivity contribution in [3.8, 4) is 5.88 Å². The van der Waals surface area contributed by atoms with Crippen LogP contribution in [0.25, 0.3) is 10.9 Å². The molecule has 0 spiro atoms. The van der Waals surface area contributed by atoms with E-state index in [1.807, 2.05) is 35.4 Å². The minimum atomic E-state index is -0.0372. The Labute approximate surface area is 133 Å². The fourth-order valence-electron chi connectivity index (χ4n) is 2.89. The number of likely N-dealkylation sites (tertiary alicyclic amines) is 1. The van der Waals surface area contributed by atoms with Crippen molar-refractivity contribution in [1.29, 1.82) is 0 Å². The van der Waals surface area contributed by atoms with E-state index in [0.29, 0.717) is 24.5 Å². The van der Waals surface area contributed by atoms with Gasteiger partial charge < -0.3 is 14.6 Å². The summed E-state index contributed by atoms with van der Waals surface area (Å²) < 4.78 is 5.78. The second kappa shape index (κ2) is 5.72. The third kappa shape index (κ3) is 2.75. The standard InChI is InChI=1S/C17H16N4O2/c22-17(13-2-1-12-3-5-19-15(12)9-13)21-8-4-14(11-21)23-16-10-18-6-7-20-16/h1-3,5-7,9-10,14,19H,4,8,11H2/t14-/m1/s1. The zero-order valence-electron chi connectivity index (χ0n) is 12.5. The van der Waals surface area contributed by atoms with Gasteiger partial charge in [-0.05, 0) is 23.6 Å². The number of nitrogens with zero attached hydrogens (tertiary/aromatic N) is 3. The van der Waals surface area contributed by atoms with Gasteiger partial charge in [-0.15, -0.1) is 0 Å². The Balaban J connectivity index is 1.45. The first-order valence-corrected chi connectivity index (χ1v) is 7.59. The molecule has 6 nitrogen and oxygen atoms in total. The van der Waals surface area contributed by atoms with Crippen LogP contribution in [-0.2, 0) is 0 Å². The Bertz CT molecular complexity index is 831. The van der Waals surface area contributed by atoms with Gasteiger partial charge in [-0.3, -0.25) is 9.78 Å². The average Bonchev–Trinajstić information content (AvgIpc) is 3.23. The monoisotopic (exact) mass is 308 g/mol. The molecular weight excluding hydrogens is 292 g/mol. The maximum absolute atomic E-state index is 12.6. The third-order valence-electron chi connectivity index (χ3n) is 4.06. The molecule has 0 radical (unpaired) electrons. The molecule has 0 saturated carbocycles. The van der Waals surface area contributed by atoms with E-state index in [2.05, 4.69) is 15.0 Å². The largest absolute Gasteiger partial charge is 0.471 e. The molecule has 0 aliphatic carbocycles. The summed E-state index contributed by atoms with van der Waals surface area (Å²) in [6.45, 7) is 1.25. The minimum Gasteiger partial charge on any atom is -0.471 e. The lowest BCUT2D eigenvalue weighted by Gasteiger charge is -2.17. The van der Waals surface area contributed by atoms with E-state index in [9.17, 15) is 4.79 Å². The molecule has 1 amide bonds. The summed E-state index contributed by atoms with van der Waals surface area (Å²) in [6.07, 6.45) is 7.42. The van der Waals surface area contributed by atoms with Crippen molar-refractivity contribution < 1.29 is 9.53 Å². The summed E-state index contributed by atoms with van der Waals surface area (Å²) >= 11 is 0. The van der Waals surface area contributed by atoms with Gasteiger partial charge in [0.15, 0.2) is 0 Å². The Morgan fingerprint density at radius 1 is 1.30 bits per heavy atom. The van der Waals surface area contributed by atoms with Crippen molar-refractivity contribution in [3.05, 3.63) is 54.6 Å². The second-order valence-electron chi connectivity index (χ2n) is 5.60. The number of fused-ring (bicyclic) bond motifs is 1. The van der Waals surface area contributed by atoms with Crippen LogP contribution >= 0.6 is 0 Å². The summed E-state index contributed by atoms with van der Waals surface area (Å²) in [5, 5.41) is 1.10. The molecule has 3 heterocycles. The van der Waals surface area contributed by atoms with Gasteiger partial charge in [0, 0.05) is 42.6 Å². The lowest BCUT2D eigenvalue weighted by atomic mass is 10.1. The number of aromatic nitrogens is 3. The smallest absolute Gasteiger partial charge is 0.254 e. The highest BCUT2D eigenvalue weighted by Gasteiger charge is 2.28. The second-order valence-corrected chi connectivity index (χ2v) is 5.60. The molecule has 1 fully saturated rings. The number of rotatable bonds is 3. The van der Waals surface area contributed by atoms with Gasteiger partial charge >= 0.3 is 0 Å². The zero-order chi connectivity index (χ0) is 15.6. The molecule has 1 saturated heterocycles. The van der Waals surface area contributed by atoms with Gasteiger partial charge in [0.2, 0.25) is 5.88 Å². The number of benzene rings is 1. The summed E-state index contributed by atoms with van der Waals surface area (Å²) in [7, 11) is 0. The maximum atomic E-state index is 12.6. The summed E-state index contributed by atoms with van der Waals surface area (Å²) in [5.74, 6) is 0.534. The Morgan fingerprint density at radius 3 is 3.13 bits per heavy atom. The number of hydrogen-bond acceptors (Lipinski definition) is 4. The number of carbonyl (C=O) groups excluding carboxylic acids is 1. The maximum Gasteiger partial charge on any atom is 0.254 e. The van der Waals surface area contributed by atoms with Gasteiger partial charge in [0.1, 0.15) is 6.10 Å². The predicted molar refractivity (Wildman–Crippen MR) is 85.3 cm³/mol. The van der Waals surface area contributed by atoms with Crippen LogP contribution in [0.5, 0.6) is 5.88 Å². The molecule has 1 aromatic carbocycles. The molecule has 1 aliphatic rings. The van der Waals surface area contributed by atoms with Crippen LogP contribution in [0.2, 0.25) is 0 Å². The number of aromatic amines is 1. The van der Waals surface area contributed by atoms with Crippen LogP contribution in [-0.4, -0.2) is 45.0 Å². The Morgan fingerprint density at radius 2 is 2.26 bits per heavy atom. The van der Waals surface area contributed by atoms with Gasteiger partial charge in [0.25, 0.3) is 5.91 Å². The molecule has 1 atom stereocenters. The van der Waals surface area contributed by atoms with E-state index in [4.69, 9.17) is 4.74 Å². The topological polar surface area (TPSA) is 71.1 Å². The van der Waals surface area contributed by atoms with Crippen LogP contribution in [0.4, 0.5) is 0 Å². The normalized spacial score (nSPS) is 17.6. The lowest BCUT2D eigenvalue weighted by Crippen LogP contribution is -2.31. The highest BCUT2D eigenvalue weighted by molar-refractivity contribution is 5.98. The summed E-state index contributed by atoms with van der Waals surface area (Å²) in [6, 6.07) is 7.72. The number of hydrogen-bond donors (Lipinski definition) is 1. The Hall–Kier alpha value is -2.89. The van der Waals surface area contributed by atoms with E-state index in [-0.39, 0.29) is 12.0 Å². The molecule has 0 bridgehead atoms. The van der Waals surface area contributed by atoms with Crippen LogP contribution in [0.3, 0.4) is 0 Å². The first-order valence-electron chi connectivity index (χ1n) is 7.59. The van der Waals surface area contributed by atoms with Crippen molar-refractivity contribution in [2.24, 2.45) is 0 Å². The van der Waals surface area contributed by atoms with Crippen LogP contribution < -0.4 is 4.74 Å². The van der Waals surface area contributed by atoms with Crippen LogP contribution in [0, 0.1) is 0 Å². The van der Waals surface area contributed by atoms with E-state index >= 15 is 0 Å². The molecule has 1 N–H and O–H groups in total. The predicted octanol–water partition coefficient (Wildman–Crippen LogP) is 2.25. The third-order valence-corrected chi connectivity index (χ3v) is 4.06. The molecule has 116 valence electrons. The SMILES string of the molecule is O=C(c1ccc2cc[nH]c2c1)N1CC[C@@H](Oc2cnccn2)C1. The number of amides is 1. The van der Waals surface area contributed by atoms with E-state index in [0.717, 1.165) is 17.3 Å². The minimum absolute atomic E-state index is 0.0340. The van der Waals surface area contributed by atoms with Gasteiger partial charge in [-0.1, -0.05) is 6.07 Å². The molecule has 4 rings (SSSR count). The molecule has 1 aliphatic heterocycles. The highest BCUT2D eigenvalue weighted by atomic mass is 16.5.